The summed E-state index contributed by atoms with van der Waals surface area (Å²) < 4.78 is 0. The van der Waals surface area contributed by atoms with Gasteiger partial charge in [0.25, 0.3) is 0 Å². The lowest BCUT2D eigenvalue weighted by Gasteiger charge is -2.46. The van der Waals surface area contributed by atoms with Crippen molar-refractivity contribution in [2.45, 2.75) is 55.6 Å². The van der Waals surface area contributed by atoms with Gasteiger partial charge in [0, 0.05) is 5.25 Å². The summed E-state index contributed by atoms with van der Waals surface area (Å²) in [6, 6.07) is 11.3. The minimum Gasteiger partial charge on any atom is -0.188 e. The van der Waals surface area contributed by atoms with Crippen LogP contribution < -0.4 is 0 Å². The average Bonchev–Trinajstić information content (AvgIpc) is 2.81. The van der Waals surface area contributed by atoms with Gasteiger partial charge in [-0.1, -0.05) is 48.1 Å². The molecule has 118 valence electrons. The molecule has 22 heavy (non-hydrogen) atoms. The smallest absolute Gasteiger partial charge is 0.0146 e. The van der Waals surface area contributed by atoms with Crippen molar-refractivity contribution < 1.29 is 0 Å². The molecule has 0 saturated heterocycles. The molecule has 1 aromatic rings. The van der Waals surface area contributed by atoms with E-state index in [4.69, 9.17) is 0 Å². The molecule has 0 amide bonds. The Kier molecular flexibility index (Phi) is 4.93. The van der Waals surface area contributed by atoms with E-state index in [1.54, 1.807) is 9.80 Å². The van der Waals surface area contributed by atoms with Crippen molar-refractivity contribution in [2.24, 2.45) is 0 Å². The van der Waals surface area contributed by atoms with Crippen LogP contribution in [0.25, 0.3) is 0 Å². The van der Waals surface area contributed by atoms with Crippen LogP contribution in [0.4, 0.5) is 0 Å². The van der Waals surface area contributed by atoms with Crippen molar-refractivity contribution in [1.29, 1.82) is 0 Å². The first kappa shape index (κ1) is 15.7. The molecule has 2 aliphatic rings. The van der Waals surface area contributed by atoms with Crippen LogP contribution in [0.1, 0.15) is 45.4 Å². The molecular weight excluding hydrogens is 284 g/mol. The standard InChI is InChI=1S/C21H28S/c1-18-10-9-15-21(17-16-18)22(2,19-11-5-3-6-12-19)20-13-7-4-8-14-20/h3,5-6,10-13,16-17,21H,4,7-9,14-15H2,1-2H3. The minimum atomic E-state index is -0.927. The first-order valence-corrected chi connectivity index (χ1v) is 10.7. The number of rotatable bonds is 3. The molecule has 0 spiro atoms. The molecule has 0 nitrogen and oxygen atoms in total. The lowest BCUT2D eigenvalue weighted by atomic mass is 10.1. The Bertz CT molecular complexity index is 594. The molecule has 0 aromatic heterocycles. The lowest BCUT2D eigenvalue weighted by Crippen LogP contribution is -2.19. The van der Waals surface area contributed by atoms with E-state index in [1.807, 2.05) is 0 Å². The fourth-order valence-corrected chi connectivity index (χ4v) is 7.51. The highest BCUT2D eigenvalue weighted by Crippen LogP contribution is 2.66. The Labute approximate surface area is 137 Å². The number of allylic oxidation sites excluding steroid dienone is 5. The molecule has 0 saturated carbocycles. The Hall–Kier alpha value is -1.21. The summed E-state index contributed by atoms with van der Waals surface area (Å²) in [6.45, 7) is 2.23. The Morgan fingerprint density at radius 3 is 2.55 bits per heavy atom. The Balaban J connectivity index is 2.03. The molecule has 0 bridgehead atoms. The van der Waals surface area contributed by atoms with Crippen LogP contribution in [0.2, 0.25) is 0 Å². The third kappa shape index (κ3) is 3.10. The Morgan fingerprint density at radius 1 is 1.00 bits per heavy atom. The highest BCUT2D eigenvalue weighted by Gasteiger charge is 2.33. The maximum atomic E-state index is 2.57. The molecule has 0 N–H and O–H groups in total. The predicted octanol–water partition coefficient (Wildman–Crippen LogP) is 6.60. The maximum Gasteiger partial charge on any atom is 0.0146 e. The number of benzene rings is 1. The van der Waals surface area contributed by atoms with E-state index >= 15 is 0 Å². The topological polar surface area (TPSA) is 0 Å². The summed E-state index contributed by atoms with van der Waals surface area (Å²) in [5.74, 6) is 0. The molecule has 0 radical (unpaired) electrons. The van der Waals surface area contributed by atoms with Gasteiger partial charge in [-0.3, -0.25) is 0 Å². The van der Waals surface area contributed by atoms with E-state index in [0.717, 1.165) is 0 Å². The summed E-state index contributed by atoms with van der Waals surface area (Å²) in [5.41, 5.74) is 1.43. The van der Waals surface area contributed by atoms with Crippen molar-refractivity contribution in [3.63, 3.8) is 0 Å². The highest BCUT2D eigenvalue weighted by atomic mass is 32.3. The summed E-state index contributed by atoms with van der Waals surface area (Å²) in [7, 11) is -0.927. The van der Waals surface area contributed by atoms with E-state index in [2.05, 4.69) is 67.8 Å². The third-order valence-corrected chi connectivity index (χ3v) is 9.44. The molecule has 2 atom stereocenters. The van der Waals surface area contributed by atoms with Gasteiger partial charge in [-0.2, -0.15) is 10.0 Å². The second-order valence-corrected chi connectivity index (χ2v) is 10.2. The molecule has 3 rings (SSSR count). The fourth-order valence-electron chi connectivity index (χ4n) is 3.71. The van der Waals surface area contributed by atoms with Crippen LogP contribution in [0.3, 0.4) is 0 Å². The monoisotopic (exact) mass is 312 g/mol. The summed E-state index contributed by atoms with van der Waals surface area (Å²) in [5, 5.41) is 0.674. The second-order valence-electron chi connectivity index (χ2n) is 6.63. The van der Waals surface area contributed by atoms with Crippen molar-refractivity contribution in [3.8, 4) is 0 Å². The minimum absolute atomic E-state index is 0.674. The fraction of sp³-hybridized carbons (Fsp3) is 0.429. The quantitative estimate of drug-likeness (QED) is 0.589. The van der Waals surface area contributed by atoms with Crippen LogP contribution in [0, 0.1) is 0 Å². The van der Waals surface area contributed by atoms with Gasteiger partial charge in [-0.15, -0.1) is 0 Å². The largest absolute Gasteiger partial charge is 0.188 e. The molecule has 1 aromatic carbocycles. The van der Waals surface area contributed by atoms with Gasteiger partial charge in [0.2, 0.25) is 0 Å². The molecular formula is C21H28S. The van der Waals surface area contributed by atoms with Gasteiger partial charge in [-0.25, -0.2) is 0 Å². The van der Waals surface area contributed by atoms with Crippen molar-refractivity contribution in [1.82, 2.24) is 0 Å². The zero-order valence-corrected chi connectivity index (χ0v) is 14.7. The van der Waals surface area contributed by atoms with Crippen molar-refractivity contribution in [2.75, 3.05) is 6.26 Å². The van der Waals surface area contributed by atoms with Crippen LogP contribution in [-0.2, 0) is 0 Å². The van der Waals surface area contributed by atoms with Gasteiger partial charge >= 0.3 is 0 Å². The first-order chi connectivity index (χ1) is 10.7. The molecule has 0 aliphatic heterocycles. The van der Waals surface area contributed by atoms with Crippen LogP contribution in [-0.4, -0.2) is 11.5 Å². The van der Waals surface area contributed by atoms with Crippen molar-refractivity contribution in [3.05, 3.63) is 65.1 Å². The van der Waals surface area contributed by atoms with E-state index in [9.17, 15) is 0 Å². The van der Waals surface area contributed by atoms with Gasteiger partial charge in [0.05, 0.1) is 0 Å². The maximum absolute atomic E-state index is 2.57. The molecule has 0 heterocycles. The predicted molar refractivity (Wildman–Crippen MR) is 101 cm³/mol. The van der Waals surface area contributed by atoms with Crippen LogP contribution in [0.5, 0.6) is 0 Å². The normalized spacial score (nSPS) is 26.4. The molecule has 0 fully saturated rings. The van der Waals surface area contributed by atoms with E-state index < -0.39 is 10.0 Å². The van der Waals surface area contributed by atoms with Gasteiger partial charge in [0.1, 0.15) is 0 Å². The van der Waals surface area contributed by atoms with Gasteiger partial charge < -0.3 is 0 Å². The Morgan fingerprint density at radius 2 is 1.82 bits per heavy atom. The van der Waals surface area contributed by atoms with Gasteiger partial charge in [0.15, 0.2) is 0 Å². The highest BCUT2D eigenvalue weighted by molar-refractivity contribution is 8.36. The SMILES string of the molecule is CC1=CCCC(S(C)(C2=CCCCC2)c2ccccc2)C=C1. The lowest BCUT2D eigenvalue weighted by molar-refractivity contribution is 0.720. The van der Waals surface area contributed by atoms with Crippen LogP contribution >= 0.6 is 10.0 Å². The first-order valence-electron chi connectivity index (χ1n) is 8.57. The summed E-state index contributed by atoms with van der Waals surface area (Å²) in [6.07, 6.45) is 20.2. The van der Waals surface area contributed by atoms with E-state index in [0.29, 0.717) is 5.25 Å². The summed E-state index contributed by atoms with van der Waals surface area (Å²) in [4.78, 5) is 3.32. The number of hydrogen-bond donors (Lipinski definition) is 0. The second kappa shape index (κ2) is 6.91. The summed E-state index contributed by atoms with van der Waals surface area (Å²) >= 11 is 0. The van der Waals surface area contributed by atoms with Gasteiger partial charge in [-0.05, 0) is 73.6 Å². The van der Waals surface area contributed by atoms with Crippen LogP contribution in [0.15, 0.2) is 70.0 Å². The zero-order valence-electron chi connectivity index (χ0n) is 13.9. The van der Waals surface area contributed by atoms with E-state index in [-0.39, 0.29) is 0 Å². The average molecular weight is 313 g/mol. The molecule has 2 aliphatic carbocycles. The van der Waals surface area contributed by atoms with E-state index in [1.165, 1.54) is 44.1 Å². The molecule has 1 heteroatoms. The molecule has 2 unspecified atom stereocenters. The zero-order chi connectivity index (χ0) is 15.4. The third-order valence-electron chi connectivity index (χ3n) is 5.12. The number of hydrogen-bond acceptors (Lipinski definition) is 0. The van der Waals surface area contributed by atoms with Crippen molar-refractivity contribution >= 4 is 10.0 Å².